The van der Waals surface area contributed by atoms with E-state index in [0.29, 0.717) is 28.6 Å². The molecule has 5 nitrogen and oxygen atoms in total. The van der Waals surface area contributed by atoms with Gasteiger partial charge in [0.25, 0.3) is 5.56 Å². The van der Waals surface area contributed by atoms with Crippen LogP contribution in [0.5, 0.6) is 11.5 Å². The number of nitrogens with one attached hydrogen (secondary N) is 1. The van der Waals surface area contributed by atoms with E-state index in [9.17, 15) is 4.79 Å². The smallest absolute Gasteiger partial charge is 0.254 e. The van der Waals surface area contributed by atoms with Gasteiger partial charge in [-0.25, -0.2) is 4.98 Å². The molecule has 0 aliphatic carbocycles. The fourth-order valence-electron chi connectivity index (χ4n) is 2.27. The summed E-state index contributed by atoms with van der Waals surface area (Å²) in [6.07, 6.45) is 1.65. The number of aromatic amines is 1. The number of aryl methyl sites for hydroxylation is 1. The van der Waals surface area contributed by atoms with Crippen molar-refractivity contribution in [3.63, 3.8) is 0 Å². The molecule has 0 atom stereocenters. The van der Waals surface area contributed by atoms with Gasteiger partial charge in [-0.2, -0.15) is 0 Å². The molecule has 1 aromatic heterocycles. The first kappa shape index (κ1) is 15.1. The van der Waals surface area contributed by atoms with Crippen molar-refractivity contribution in [3.05, 3.63) is 39.9 Å². The van der Waals surface area contributed by atoms with E-state index < -0.39 is 0 Å². The summed E-state index contributed by atoms with van der Waals surface area (Å²) in [6.45, 7) is 3.81. The molecule has 0 bridgehead atoms. The number of nitrogens with zero attached hydrogens (tertiary/aromatic N) is 1. The zero-order valence-electron chi connectivity index (χ0n) is 12.8. The molecule has 0 saturated heterocycles. The van der Waals surface area contributed by atoms with Crippen LogP contribution in [-0.2, 0) is 6.42 Å². The van der Waals surface area contributed by atoms with Crippen molar-refractivity contribution in [2.75, 3.05) is 14.2 Å². The molecule has 0 amide bonds. The second kappa shape index (κ2) is 6.43. The Hall–Kier alpha value is -2.30. The van der Waals surface area contributed by atoms with Gasteiger partial charge >= 0.3 is 0 Å². The number of aromatic nitrogens is 2. The average molecular weight is 288 g/mol. The van der Waals surface area contributed by atoms with E-state index in [-0.39, 0.29) is 5.56 Å². The zero-order valence-corrected chi connectivity index (χ0v) is 12.8. The van der Waals surface area contributed by atoms with Gasteiger partial charge in [0.05, 0.1) is 19.9 Å². The van der Waals surface area contributed by atoms with Gasteiger partial charge in [-0.15, -0.1) is 0 Å². The largest absolute Gasteiger partial charge is 0.493 e. The summed E-state index contributed by atoms with van der Waals surface area (Å²) in [5, 5.41) is 0. The molecule has 21 heavy (non-hydrogen) atoms. The van der Waals surface area contributed by atoms with Crippen LogP contribution in [0.4, 0.5) is 0 Å². The second-order valence-corrected chi connectivity index (χ2v) is 4.78. The number of hydrogen-bond acceptors (Lipinski definition) is 4. The molecule has 1 heterocycles. The maximum atomic E-state index is 12.1. The molecule has 0 radical (unpaired) electrons. The minimum atomic E-state index is -0.117. The summed E-state index contributed by atoms with van der Waals surface area (Å²) < 4.78 is 10.7. The minimum absolute atomic E-state index is 0.117. The van der Waals surface area contributed by atoms with Crippen LogP contribution in [0.3, 0.4) is 0 Å². The zero-order chi connectivity index (χ0) is 15.4. The van der Waals surface area contributed by atoms with Crippen molar-refractivity contribution >= 4 is 0 Å². The Kier molecular flexibility index (Phi) is 4.62. The number of benzene rings is 1. The van der Waals surface area contributed by atoms with Crippen LogP contribution in [-0.4, -0.2) is 24.2 Å². The van der Waals surface area contributed by atoms with Crippen molar-refractivity contribution in [1.29, 1.82) is 0 Å². The highest BCUT2D eigenvalue weighted by molar-refractivity contribution is 5.73. The lowest BCUT2D eigenvalue weighted by molar-refractivity contribution is 0.356. The molecule has 2 aromatic rings. The number of rotatable bonds is 5. The standard InChI is InChI=1S/C16H20N2O3/c1-5-7-13-17-14(10(2)16(19)18-13)11-8-6-9-12(20-3)15(11)21-4/h6,8-9H,5,7H2,1-4H3,(H,17,18,19). The summed E-state index contributed by atoms with van der Waals surface area (Å²) in [7, 11) is 3.17. The van der Waals surface area contributed by atoms with Crippen molar-refractivity contribution in [3.8, 4) is 22.8 Å². The van der Waals surface area contributed by atoms with Gasteiger partial charge in [0.1, 0.15) is 5.82 Å². The Labute approximate surface area is 124 Å². The molecule has 0 fully saturated rings. The topological polar surface area (TPSA) is 64.2 Å². The highest BCUT2D eigenvalue weighted by atomic mass is 16.5. The number of methoxy groups -OCH3 is 2. The molecule has 1 N–H and O–H groups in total. The molecule has 0 aliphatic heterocycles. The van der Waals surface area contributed by atoms with Crippen LogP contribution in [0, 0.1) is 6.92 Å². The summed E-state index contributed by atoms with van der Waals surface area (Å²) in [5.41, 5.74) is 1.85. The maximum Gasteiger partial charge on any atom is 0.254 e. The van der Waals surface area contributed by atoms with E-state index in [1.54, 1.807) is 21.1 Å². The minimum Gasteiger partial charge on any atom is -0.493 e. The number of para-hydroxylation sites is 1. The molecule has 1 aromatic carbocycles. The van der Waals surface area contributed by atoms with E-state index in [1.165, 1.54) is 0 Å². The average Bonchev–Trinajstić information content (AvgIpc) is 2.50. The van der Waals surface area contributed by atoms with Crippen LogP contribution in [0.15, 0.2) is 23.0 Å². The monoisotopic (exact) mass is 288 g/mol. The van der Waals surface area contributed by atoms with Crippen LogP contribution in [0.2, 0.25) is 0 Å². The fourth-order valence-corrected chi connectivity index (χ4v) is 2.27. The van der Waals surface area contributed by atoms with Crippen molar-refractivity contribution in [2.24, 2.45) is 0 Å². The SMILES string of the molecule is CCCc1nc(-c2cccc(OC)c2OC)c(C)c(=O)[nH]1. The van der Waals surface area contributed by atoms with Gasteiger partial charge in [0.15, 0.2) is 11.5 Å². The van der Waals surface area contributed by atoms with Crippen molar-refractivity contribution in [1.82, 2.24) is 9.97 Å². The van der Waals surface area contributed by atoms with Crippen molar-refractivity contribution in [2.45, 2.75) is 26.7 Å². The van der Waals surface area contributed by atoms with Crippen molar-refractivity contribution < 1.29 is 9.47 Å². The lowest BCUT2D eigenvalue weighted by atomic mass is 10.1. The molecule has 0 spiro atoms. The van der Waals surface area contributed by atoms with E-state index in [4.69, 9.17) is 9.47 Å². The quantitative estimate of drug-likeness (QED) is 0.918. The maximum absolute atomic E-state index is 12.1. The third kappa shape index (κ3) is 2.91. The van der Waals surface area contributed by atoms with Crippen LogP contribution in [0.25, 0.3) is 11.3 Å². The van der Waals surface area contributed by atoms with Gasteiger partial charge in [-0.1, -0.05) is 13.0 Å². The number of H-pyrrole nitrogens is 1. The second-order valence-electron chi connectivity index (χ2n) is 4.78. The Morgan fingerprint density at radius 2 is 2.00 bits per heavy atom. The van der Waals surface area contributed by atoms with Gasteiger partial charge < -0.3 is 14.5 Å². The third-order valence-electron chi connectivity index (χ3n) is 3.35. The Bertz CT molecular complexity index is 692. The number of hydrogen-bond donors (Lipinski definition) is 1. The van der Waals surface area contributed by atoms with E-state index in [0.717, 1.165) is 18.4 Å². The van der Waals surface area contributed by atoms with Crippen LogP contribution < -0.4 is 15.0 Å². The predicted octanol–water partition coefficient (Wildman–Crippen LogP) is 2.72. The van der Waals surface area contributed by atoms with Gasteiger partial charge in [0.2, 0.25) is 0 Å². The normalized spacial score (nSPS) is 10.5. The van der Waals surface area contributed by atoms with E-state index >= 15 is 0 Å². The molecule has 112 valence electrons. The number of ether oxygens (including phenoxy) is 2. The lowest BCUT2D eigenvalue weighted by Gasteiger charge is -2.14. The highest BCUT2D eigenvalue weighted by Crippen LogP contribution is 2.37. The molecular formula is C16H20N2O3. The first-order valence-corrected chi connectivity index (χ1v) is 6.93. The summed E-state index contributed by atoms with van der Waals surface area (Å²) in [4.78, 5) is 19.5. The van der Waals surface area contributed by atoms with Crippen LogP contribution in [0.1, 0.15) is 24.7 Å². The summed E-state index contributed by atoms with van der Waals surface area (Å²) >= 11 is 0. The third-order valence-corrected chi connectivity index (χ3v) is 3.35. The Morgan fingerprint density at radius 3 is 2.62 bits per heavy atom. The lowest BCUT2D eigenvalue weighted by Crippen LogP contribution is -2.16. The van der Waals surface area contributed by atoms with Gasteiger partial charge in [0, 0.05) is 17.5 Å². The Morgan fingerprint density at radius 1 is 1.24 bits per heavy atom. The fraction of sp³-hybridized carbons (Fsp3) is 0.375. The Balaban J connectivity index is 2.69. The molecular weight excluding hydrogens is 268 g/mol. The van der Waals surface area contributed by atoms with Gasteiger partial charge in [-0.05, 0) is 25.5 Å². The summed E-state index contributed by atoms with van der Waals surface area (Å²) in [6, 6.07) is 5.56. The molecule has 0 saturated carbocycles. The molecule has 0 aliphatic rings. The van der Waals surface area contributed by atoms with Gasteiger partial charge in [-0.3, -0.25) is 4.79 Å². The summed E-state index contributed by atoms with van der Waals surface area (Å²) in [5.74, 6) is 1.89. The van der Waals surface area contributed by atoms with E-state index in [1.807, 2.05) is 25.1 Å². The first-order chi connectivity index (χ1) is 10.1. The highest BCUT2D eigenvalue weighted by Gasteiger charge is 2.16. The van der Waals surface area contributed by atoms with E-state index in [2.05, 4.69) is 9.97 Å². The van der Waals surface area contributed by atoms with Crippen LogP contribution >= 0.6 is 0 Å². The molecule has 5 heteroatoms. The predicted molar refractivity (Wildman–Crippen MR) is 82.1 cm³/mol. The first-order valence-electron chi connectivity index (χ1n) is 6.93. The molecule has 0 unspecified atom stereocenters. The molecule has 2 rings (SSSR count).